The van der Waals surface area contributed by atoms with Crippen LogP contribution < -0.4 is 10.6 Å². The molecule has 0 heterocycles. The Bertz CT molecular complexity index is 694. The first-order valence-electron chi connectivity index (χ1n) is 7.89. The van der Waals surface area contributed by atoms with Crippen molar-refractivity contribution in [3.8, 4) is 0 Å². The number of hydrogen-bond donors (Lipinski definition) is 1. The van der Waals surface area contributed by atoms with E-state index in [1.807, 2.05) is 60.7 Å². The maximum Gasteiger partial charge on any atom is 0.149 e. The van der Waals surface area contributed by atoms with Crippen molar-refractivity contribution in [2.75, 3.05) is 0 Å². The van der Waals surface area contributed by atoms with Crippen molar-refractivity contribution in [2.45, 2.75) is 37.4 Å². The predicted octanol–water partition coefficient (Wildman–Crippen LogP) is 2.87. The lowest BCUT2D eigenvalue weighted by atomic mass is 9.85. The monoisotopic (exact) mass is 328 g/mol. The van der Waals surface area contributed by atoms with E-state index in [1.165, 1.54) is 0 Å². The van der Waals surface area contributed by atoms with Gasteiger partial charge in [-0.1, -0.05) is 60.7 Å². The summed E-state index contributed by atoms with van der Waals surface area (Å²) in [5, 5.41) is 12.3. The lowest BCUT2D eigenvalue weighted by Gasteiger charge is -2.41. The van der Waals surface area contributed by atoms with Gasteiger partial charge in [0, 0.05) is 23.5 Å². The number of benzene rings is 2. The van der Waals surface area contributed by atoms with Crippen LogP contribution in [0, 0.1) is 0 Å². The summed E-state index contributed by atoms with van der Waals surface area (Å²) in [5.74, 6) is 0.0774. The quantitative estimate of drug-likeness (QED) is 0.882. The lowest BCUT2D eigenvalue weighted by Crippen LogP contribution is -2.48. The van der Waals surface area contributed by atoms with Crippen LogP contribution in [0.15, 0.2) is 60.7 Å². The molecule has 4 heteroatoms. The molecule has 23 heavy (non-hydrogen) atoms. The molecule has 0 spiro atoms. The smallest absolute Gasteiger partial charge is 0.149 e. The third kappa shape index (κ3) is 2.91. The Balaban J connectivity index is 2.20. The van der Waals surface area contributed by atoms with Gasteiger partial charge in [-0.25, -0.2) is 0 Å². The predicted molar refractivity (Wildman–Crippen MR) is 93.0 cm³/mol. The molecule has 0 saturated heterocycles. The van der Waals surface area contributed by atoms with Crippen LogP contribution in [-0.2, 0) is 9.36 Å². The summed E-state index contributed by atoms with van der Waals surface area (Å²) in [7, 11) is -3.13. The molecule has 3 nitrogen and oxygen atoms in total. The standard InChI is InChI=1S/C19H21O3P/c1-19(21)13-12-15(20)14-18(19)23(22,16-8-4-2-5-9-16)17-10-6-3-7-11-17/h2-11,18,21H,12-14H2,1H3/t18-,19-/m1/s1. The van der Waals surface area contributed by atoms with E-state index in [2.05, 4.69) is 0 Å². The molecule has 0 bridgehead atoms. The maximum absolute atomic E-state index is 14.2. The number of aliphatic hydroxyl groups is 1. The first-order valence-corrected chi connectivity index (χ1v) is 9.67. The molecule has 2 atom stereocenters. The maximum atomic E-state index is 14.2. The fourth-order valence-electron chi connectivity index (χ4n) is 3.42. The average Bonchev–Trinajstić information content (AvgIpc) is 2.58. The van der Waals surface area contributed by atoms with Crippen molar-refractivity contribution >= 4 is 23.5 Å². The lowest BCUT2D eigenvalue weighted by molar-refractivity contribution is -0.124. The number of carbonyl (C=O) groups is 1. The van der Waals surface area contributed by atoms with E-state index in [0.717, 1.165) is 0 Å². The fourth-order valence-corrected chi connectivity index (χ4v) is 7.05. The van der Waals surface area contributed by atoms with Crippen LogP contribution in [0.1, 0.15) is 26.2 Å². The average molecular weight is 328 g/mol. The van der Waals surface area contributed by atoms with Crippen molar-refractivity contribution in [3.05, 3.63) is 60.7 Å². The minimum atomic E-state index is -3.13. The number of hydrogen-bond acceptors (Lipinski definition) is 3. The highest BCUT2D eigenvalue weighted by Crippen LogP contribution is 2.56. The Hall–Kier alpha value is -1.70. The van der Waals surface area contributed by atoms with E-state index < -0.39 is 18.4 Å². The van der Waals surface area contributed by atoms with Gasteiger partial charge >= 0.3 is 0 Å². The summed E-state index contributed by atoms with van der Waals surface area (Å²) < 4.78 is 14.2. The van der Waals surface area contributed by atoms with Gasteiger partial charge in [-0.2, -0.15) is 0 Å². The van der Waals surface area contributed by atoms with Gasteiger partial charge in [0.1, 0.15) is 12.9 Å². The Labute approximate surface area is 136 Å². The summed E-state index contributed by atoms with van der Waals surface area (Å²) >= 11 is 0. The zero-order valence-electron chi connectivity index (χ0n) is 13.2. The van der Waals surface area contributed by atoms with Gasteiger partial charge in [-0.3, -0.25) is 4.79 Å². The molecule has 2 aromatic carbocycles. The van der Waals surface area contributed by atoms with Crippen LogP contribution in [0.3, 0.4) is 0 Å². The summed E-state index contributed by atoms with van der Waals surface area (Å²) in [6.07, 6.45) is 0.876. The van der Waals surface area contributed by atoms with Gasteiger partial charge in [0.15, 0.2) is 0 Å². The molecule has 0 aromatic heterocycles. The summed E-state index contributed by atoms with van der Waals surface area (Å²) in [5.41, 5.74) is -1.70. The molecule has 3 rings (SSSR count). The molecule has 1 saturated carbocycles. The van der Waals surface area contributed by atoms with Gasteiger partial charge in [0.2, 0.25) is 0 Å². The molecule has 1 aliphatic carbocycles. The van der Waals surface area contributed by atoms with Crippen LogP contribution in [0.2, 0.25) is 0 Å². The van der Waals surface area contributed by atoms with E-state index in [4.69, 9.17) is 0 Å². The minimum absolute atomic E-state index is 0.0774. The second-order valence-electron chi connectivity index (χ2n) is 6.44. The van der Waals surface area contributed by atoms with Crippen molar-refractivity contribution in [1.82, 2.24) is 0 Å². The minimum Gasteiger partial charge on any atom is -0.389 e. The molecule has 0 radical (unpaired) electrons. The highest BCUT2D eigenvalue weighted by atomic mass is 31.2. The van der Waals surface area contributed by atoms with Crippen LogP contribution >= 0.6 is 7.14 Å². The van der Waals surface area contributed by atoms with Gasteiger partial charge in [-0.05, 0) is 13.3 Å². The first-order chi connectivity index (χ1) is 10.9. The van der Waals surface area contributed by atoms with Crippen LogP contribution in [0.4, 0.5) is 0 Å². The van der Waals surface area contributed by atoms with Gasteiger partial charge in [0.25, 0.3) is 0 Å². The Morgan fingerprint density at radius 2 is 1.48 bits per heavy atom. The molecule has 0 aliphatic heterocycles. The molecule has 0 amide bonds. The largest absolute Gasteiger partial charge is 0.389 e. The number of ketones is 1. The topological polar surface area (TPSA) is 54.4 Å². The molecule has 1 N–H and O–H groups in total. The van der Waals surface area contributed by atoms with Crippen molar-refractivity contribution in [2.24, 2.45) is 0 Å². The number of Topliss-reactive ketones (excluding diaryl/α,β-unsaturated/α-hetero) is 1. The Morgan fingerprint density at radius 1 is 1.00 bits per heavy atom. The van der Waals surface area contributed by atoms with Crippen LogP contribution in [-0.4, -0.2) is 22.1 Å². The molecule has 2 aromatic rings. The number of rotatable bonds is 3. The van der Waals surface area contributed by atoms with Gasteiger partial charge < -0.3 is 9.67 Å². The molecule has 1 fully saturated rings. The van der Waals surface area contributed by atoms with Crippen molar-refractivity contribution in [1.29, 1.82) is 0 Å². The van der Waals surface area contributed by atoms with E-state index in [9.17, 15) is 14.5 Å². The van der Waals surface area contributed by atoms with Crippen molar-refractivity contribution in [3.63, 3.8) is 0 Å². The summed E-state index contributed by atoms with van der Waals surface area (Å²) in [4.78, 5) is 12.0. The van der Waals surface area contributed by atoms with Crippen LogP contribution in [0.25, 0.3) is 0 Å². The van der Waals surface area contributed by atoms with Crippen LogP contribution in [0.5, 0.6) is 0 Å². The Morgan fingerprint density at radius 3 is 1.96 bits per heavy atom. The molecule has 120 valence electrons. The molecule has 1 aliphatic rings. The van der Waals surface area contributed by atoms with Crippen molar-refractivity contribution < 1.29 is 14.5 Å². The summed E-state index contributed by atoms with van der Waals surface area (Å²) in [6, 6.07) is 18.5. The normalized spacial score (nSPS) is 25.3. The molecular formula is C19H21O3P. The van der Waals surface area contributed by atoms with E-state index in [1.54, 1.807) is 6.92 Å². The third-order valence-electron chi connectivity index (χ3n) is 4.77. The molecule has 0 unspecified atom stereocenters. The van der Waals surface area contributed by atoms with E-state index in [-0.39, 0.29) is 12.2 Å². The van der Waals surface area contributed by atoms with E-state index >= 15 is 0 Å². The highest BCUT2D eigenvalue weighted by molar-refractivity contribution is 7.79. The second-order valence-corrected chi connectivity index (χ2v) is 9.42. The highest BCUT2D eigenvalue weighted by Gasteiger charge is 2.49. The number of carbonyl (C=O) groups excluding carboxylic acids is 1. The Kier molecular flexibility index (Phi) is 4.27. The second kappa shape index (κ2) is 6.07. The van der Waals surface area contributed by atoms with Gasteiger partial charge in [0.05, 0.1) is 11.3 Å². The molecular weight excluding hydrogens is 307 g/mol. The summed E-state index contributed by atoms with van der Waals surface area (Å²) in [6.45, 7) is 1.71. The SMILES string of the molecule is C[C@@]1(O)CCC(=O)C[C@H]1P(=O)(c1ccccc1)c1ccccc1. The third-order valence-corrected chi connectivity index (χ3v) is 8.51. The zero-order chi connectivity index (χ0) is 16.5. The van der Waals surface area contributed by atoms with Gasteiger partial charge in [-0.15, -0.1) is 0 Å². The first kappa shape index (κ1) is 16.2. The van der Waals surface area contributed by atoms with E-state index in [0.29, 0.717) is 23.5 Å². The fraction of sp³-hybridized carbons (Fsp3) is 0.316. The zero-order valence-corrected chi connectivity index (χ0v) is 14.1.